The summed E-state index contributed by atoms with van der Waals surface area (Å²) in [6, 6.07) is 22.1. The molecule has 3 aromatic carbocycles. The lowest BCUT2D eigenvalue weighted by atomic mass is 9.85. The van der Waals surface area contributed by atoms with Crippen LogP contribution in [0.3, 0.4) is 0 Å². The maximum absolute atomic E-state index is 6.68. The average molecular weight is 485 g/mol. The maximum atomic E-state index is 6.68. The Balaban J connectivity index is 1.81. The Kier molecular flexibility index (Phi) is 6.40. The summed E-state index contributed by atoms with van der Waals surface area (Å²) in [6.45, 7) is 4.47. The molecule has 0 fully saturated rings. The van der Waals surface area contributed by atoms with Gasteiger partial charge in [0.15, 0.2) is 0 Å². The molecule has 30 heavy (non-hydrogen) atoms. The lowest BCUT2D eigenvalue weighted by Crippen LogP contribution is -2.37. The van der Waals surface area contributed by atoms with Crippen LogP contribution in [-0.4, -0.2) is 7.11 Å². The van der Waals surface area contributed by atoms with Gasteiger partial charge in [0.2, 0.25) is 0 Å². The summed E-state index contributed by atoms with van der Waals surface area (Å²) in [5.74, 6) is 0.913. The van der Waals surface area contributed by atoms with E-state index in [1.165, 1.54) is 27.9 Å². The maximum Gasteiger partial charge on any atom is 0.119 e. The number of rotatable bonds is 5. The number of hydrogen-bond donors (Lipinski definition) is 0. The van der Waals surface area contributed by atoms with Gasteiger partial charge in [-0.1, -0.05) is 65.1 Å². The first-order chi connectivity index (χ1) is 14.5. The summed E-state index contributed by atoms with van der Waals surface area (Å²) in [5.41, 5.74) is 6.38. The number of benzene rings is 3. The Morgan fingerprint density at radius 2 is 1.83 bits per heavy atom. The molecule has 4 heteroatoms. The van der Waals surface area contributed by atoms with Crippen molar-refractivity contribution in [3.05, 3.63) is 92.4 Å². The molecule has 0 spiro atoms. The molecule has 0 saturated carbocycles. The van der Waals surface area contributed by atoms with Crippen molar-refractivity contribution >= 4 is 33.2 Å². The van der Waals surface area contributed by atoms with Gasteiger partial charge in [0.1, 0.15) is 5.75 Å². The highest BCUT2D eigenvalue weighted by molar-refractivity contribution is 9.10. The summed E-state index contributed by atoms with van der Waals surface area (Å²) in [4.78, 5) is 2.51. The summed E-state index contributed by atoms with van der Waals surface area (Å²) in [5, 5.41) is 0.858. The molecule has 0 N–H and O–H groups in total. The Hall–Kier alpha value is -1.97. The molecule has 0 aliphatic carbocycles. The smallest absolute Gasteiger partial charge is 0.119 e. The van der Waals surface area contributed by atoms with E-state index in [1.54, 1.807) is 7.11 Å². The fourth-order valence-corrected chi connectivity index (χ4v) is 5.09. The Morgan fingerprint density at radius 3 is 2.50 bits per heavy atom. The highest BCUT2D eigenvalue weighted by Gasteiger charge is 2.33. The summed E-state index contributed by atoms with van der Waals surface area (Å²) in [6.07, 6.45) is 3.02. The molecule has 3 aromatic rings. The standard InChI is InChI=1S/C26H27BrClNO/c1-4-5-18-8-11-22(16-25(18)28)29-17(2)24-13-12-23(30-3)14-20(24)15-26(29)19-6-9-21(27)10-7-19/h6-14,16-17,26H,4-5,15H2,1-3H3. The van der Waals surface area contributed by atoms with Crippen molar-refractivity contribution < 1.29 is 4.74 Å². The molecule has 0 saturated heterocycles. The second-order valence-corrected chi connectivity index (χ2v) is 9.27. The third-order valence-corrected chi connectivity index (χ3v) is 6.96. The first-order valence-electron chi connectivity index (χ1n) is 10.5. The minimum Gasteiger partial charge on any atom is -0.497 e. The number of halogens is 2. The molecule has 4 rings (SSSR count). The average Bonchev–Trinajstić information content (AvgIpc) is 2.75. The zero-order valence-corrected chi connectivity index (χ0v) is 20.0. The molecular formula is C26H27BrClNO. The number of methoxy groups -OCH3 is 1. The number of fused-ring (bicyclic) bond motifs is 1. The zero-order chi connectivity index (χ0) is 21.3. The summed E-state index contributed by atoms with van der Waals surface area (Å²) >= 11 is 10.3. The molecule has 2 unspecified atom stereocenters. The first-order valence-corrected chi connectivity index (χ1v) is 11.7. The second kappa shape index (κ2) is 9.03. The predicted molar refractivity (Wildman–Crippen MR) is 130 cm³/mol. The Bertz CT molecular complexity index is 1030. The molecule has 1 aliphatic heterocycles. The fourth-order valence-electron chi connectivity index (χ4n) is 4.56. The van der Waals surface area contributed by atoms with Gasteiger partial charge < -0.3 is 9.64 Å². The Labute approximate surface area is 193 Å². The van der Waals surface area contributed by atoms with Gasteiger partial charge in [-0.2, -0.15) is 0 Å². The second-order valence-electron chi connectivity index (χ2n) is 7.95. The van der Waals surface area contributed by atoms with E-state index in [9.17, 15) is 0 Å². The van der Waals surface area contributed by atoms with E-state index in [4.69, 9.17) is 16.3 Å². The van der Waals surface area contributed by atoms with E-state index in [-0.39, 0.29) is 12.1 Å². The van der Waals surface area contributed by atoms with Gasteiger partial charge in [-0.25, -0.2) is 0 Å². The van der Waals surface area contributed by atoms with Crippen LogP contribution in [0.25, 0.3) is 0 Å². The number of anilines is 1. The Morgan fingerprint density at radius 1 is 1.07 bits per heavy atom. The van der Waals surface area contributed by atoms with Crippen LogP contribution in [-0.2, 0) is 12.8 Å². The van der Waals surface area contributed by atoms with E-state index in [0.717, 1.165) is 34.5 Å². The number of hydrogen-bond acceptors (Lipinski definition) is 2. The minimum atomic E-state index is 0.223. The number of ether oxygens (including phenoxy) is 1. The summed E-state index contributed by atoms with van der Waals surface area (Å²) < 4.78 is 6.59. The van der Waals surface area contributed by atoms with Gasteiger partial charge in [-0.05, 0) is 78.4 Å². The van der Waals surface area contributed by atoms with E-state index in [0.29, 0.717) is 0 Å². The molecule has 0 aromatic heterocycles. The lowest BCUT2D eigenvalue weighted by molar-refractivity contribution is 0.412. The molecule has 0 radical (unpaired) electrons. The molecule has 0 bridgehead atoms. The van der Waals surface area contributed by atoms with E-state index in [2.05, 4.69) is 95.3 Å². The van der Waals surface area contributed by atoms with E-state index >= 15 is 0 Å². The topological polar surface area (TPSA) is 12.5 Å². The van der Waals surface area contributed by atoms with Crippen molar-refractivity contribution in [3.63, 3.8) is 0 Å². The van der Waals surface area contributed by atoms with Crippen LogP contribution < -0.4 is 9.64 Å². The zero-order valence-electron chi connectivity index (χ0n) is 17.7. The highest BCUT2D eigenvalue weighted by atomic mass is 79.9. The third-order valence-electron chi connectivity index (χ3n) is 6.08. The van der Waals surface area contributed by atoms with Crippen molar-refractivity contribution in [3.8, 4) is 5.75 Å². The number of nitrogens with zero attached hydrogens (tertiary/aromatic N) is 1. The number of aryl methyl sites for hydroxylation is 1. The van der Waals surface area contributed by atoms with Crippen molar-refractivity contribution in [2.75, 3.05) is 12.0 Å². The van der Waals surface area contributed by atoms with Crippen LogP contribution in [0.5, 0.6) is 5.75 Å². The van der Waals surface area contributed by atoms with Crippen molar-refractivity contribution in [2.24, 2.45) is 0 Å². The molecule has 2 atom stereocenters. The van der Waals surface area contributed by atoms with Crippen molar-refractivity contribution in [1.82, 2.24) is 0 Å². The van der Waals surface area contributed by atoms with Crippen LogP contribution in [0.15, 0.2) is 65.1 Å². The van der Waals surface area contributed by atoms with E-state index < -0.39 is 0 Å². The molecule has 156 valence electrons. The third kappa shape index (κ3) is 4.10. The molecule has 1 heterocycles. The van der Waals surface area contributed by atoms with Crippen LogP contribution >= 0.6 is 27.5 Å². The van der Waals surface area contributed by atoms with Gasteiger partial charge in [0.05, 0.1) is 19.2 Å². The molecular weight excluding hydrogens is 458 g/mol. The van der Waals surface area contributed by atoms with Gasteiger partial charge in [-0.15, -0.1) is 0 Å². The molecule has 2 nitrogen and oxygen atoms in total. The van der Waals surface area contributed by atoms with Crippen LogP contribution in [0.1, 0.15) is 54.6 Å². The quantitative estimate of drug-likeness (QED) is 0.364. The SMILES string of the molecule is CCCc1ccc(N2C(C)c3ccc(OC)cc3CC2c2ccc(Br)cc2)cc1Cl. The predicted octanol–water partition coefficient (Wildman–Crippen LogP) is 7.93. The minimum absolute atomic E-state index is 0.223. The fraction of sp³-hybridized carbons (Fsp3) is 0.308. The van der Waals surface area contributed by atoms with Crippen molar-refractivity contribution in [2.45, 2.75) is 45.2 Å². The van der Waals surface area contributed by atoms with Gasteiger partial charge in [0.25, 0.3) is 0 Å². The van der Waals surface area contributed by atoms with Gasteiger partial charge >= 0.3 is 0 Å². The normalized spacial score (nSPS) is 18.2. The highest BCUT2D eigenvalue weighted by Crippen LogP contribution is 2.45. The largest absolute Gasteiger partial charge is 0.497 e. The van der Waals surface area contributed by atoms with Gasteiger partial charge in [0, 0.05) is 15.2 Å². The lowest BCUT2D eigenvalue weighted by Gasteiger charge is -2.44. The van der Waals surface area contributed by atoms with E-state index in [1.807, 2.05) is 0 Å². The first kappa shape index (κ1) is 21.3. The molecule has 1 aliphatic rings. The monoisotopic (exact) mass is 483 g/mol. The van der Waals surface area contributed by atoms with Crippen LogP contribution in [0.2, 0.25) is 5.02 Å². The van der Waals surface area contributed by atoms with Crippen LogP contribution in [0.4, 0.5) is 5.69 Å². The van der Waals surface area contributed by atoms with Crippen molar-refractivity contribution in [1.29, 1.82) is 0 Å². The van der Waals surface area contributed by atoms with Gasteiger partial charge in [-0.3, -0.25) is 0 Å². The van der Waals surface area contributed by atoms with Crippen LogP contribution in [0, 0.1) is 0 Å². The molecule has 0 amide bonds. The summed E-state index contributed by atoms with van der Waals surface area (Å²) in [7, 11) is 1.73.